The van der Waals surface area contributed by atoms with E-state index in [9.17, 15) is 5.11 Å². The van der Waals surface area contributed by atoms with E-state index in [0.29, 0.717) is 13.2 Å². The van der Waals surface area contributed by atoms with Gasteiger partial charge in [0.2, 0.25) is 0 Å². The standard InChI is InChI=1S/C42H42O7/c1-44-40-39-42(37(27-43)48-39,46-29-32-19-9-3-10-20-32)38(49-40)36(45-28-31-17-7-2-8-18-31)30-47-41(33-21-11-4-12-22-33,34-23-13-5-14-24-34)35-25-15-6-16-26-35/h2-26,36-40,43H,27-30H2,1H3/t36-,37-,38-,39-,40-,42-/m1/s1. The molecule has 2 saturated heterocycles. The molecule has 2 aliphatic heterocycles. The maximum atomic E-state index is 10.6. The van der Waals surface area contributed by atoms with Gasteiger partial charge in [-0.05, 0) is 27.8 Å². The fourth-order valence-corrected chi connectivity index (χ4v) is 7.20. The Labute approximate surface area is 288 Å². The van der Waals surface area contributed by atoms with Gasteiger partial charge in [-0.1, -0.05) is 152 Å². The zero-order valence-electron chi connectivity index (χ0n) is 27.5. The van der Waals surface area contributed by atoms with Gasteiger partial charge in [0.15, 0.2) is 11.9 Å². The molecule has 1 N–H and O–H groups in total. The van der Waals surface area contributed by atoms with E-state index in [4.69, 9.17) is 28.4 Å². The van der Waals surface area contributed by atoms with Gasteiger partial charge in [0, 0.05) is 7.11 Å². The molecule has 0 spiro atoms. The Kier molecular flexibility index (Phi) is 10.3. The highest BCUT2D eigenvalue weighted by Crippen LogP contribution is 2.51. The molecule has 0 bridgehead atoms. The Bertz CT molecular complexity index is 1630. The molecule has 49 heavy (non-hydrogen) atoms. The molecule has 2 heterocycles. The van der Waals surface area contributed by atoms with Gasteiger partial charge in [-0.25, -0.2) is 0 Å². The Morgan fingerprint density at radius 3 is 1.59 bits per heavy atom. The van der Waals surface area contributed by atoms with Crippen LogP contribution < -0.4 is 0 Å². The summed E-state index contributed by atoms with van der Waals surface area (Å²) in [5.74, 6) is 0. The molecule has 0 unspecified atom stereocenters. The highest BCUT2D eigenvalue weighted by atomic mass is 16.8. The second-order valence-corrected chi connectivity index (χ2v) is 12.4. The molecule has 2 fully saturated rings. The lowest BCUT2D eigenvalue weighted by Gasteiger charge is -2.53. The van der Waals surface area contributed by atoms with Gasteiger partial charge in [0.25, 0.3) is 0 Å². The first-order valence-electron chi connectivity index (χ1n) is 16.8. The van der Waals surface area contributed by atoms with Crippen molar-refractivity contribution in [1.82, 2.24) is 0 Å². The van der Waals surface area contributed by atoms with Crippen molar-refractivity contribution < 1.29 is 33.5 Å². The van der Waals surface area contributed by atoms with Crippen LogP contribution in [0.2, 0.25) is 0 Å². The fourth-order valence-electron chi connectivity index (χ4n) is 7.20. The van der Waals surface area contributed by atoms with Crippen LogP contribution in [-0.2, 0) is 47.2 Å². The summed E-state index contributed by atoms with van der Waals surface area (Å²) in [7, 11) is 1.59. The fraction of sp³-hybridized carbons (Fsp3) is 0.286. The first-order valence-corrected chi connectivity index (χ1v) is 16.8. The zero-order valence-corrected chi connectivity index (χ0v) is 27.5. The normalized spacial score (nSPS) is 23.8. The molecule has 7 heteroatoms. The third-order valence-electron chi connectivity index (χ3n) is 9.61. The minimum absolute atomic E-state index is 0.119. The van der Waals surface area contributed by atoms with E-state index >= 15 is 0 Å². The average molecular weight is 659 g/mol. The molecule has 0 radical (unpaired) electrons. The number of aliphatic hydroxyl groups is 1. The van der Waals surface area contributed by atoms with Gasteiger partial charge < -0.3 is 33.5 Å². The summed E-state index contributed by atoms with van der Waals surface area (Å²) in [6.07, 6.45) is -3.33. The SMILES string of the molecule is CO[C@@H]1O[C@H]([C@@H](COC(c2ccccc2)(c2ccccc2)c2ccccc2)OCc2ccccc2)[C@@]2(OCc3ccccc3)[C@@H]1O[C@@H]2CO. The lowest BCUT2D eigenvalue weighted by Crippen LogP contribution is -2.73. The van der Waals surface area contributed by atoms with Crippen molar-refractivity contribution in [2.24, 2.45) is 0 Å². The quantitative estimate of drug-likeness (QED) is 0.126. The van der Waals surface area contributed by atoms with Crippen LogP contribution in [0.15, 0.2) is 152 Å². The van der Waals surface area contributed by atoms with E-state index in [0.717, 1.165) is 27.8 Å². The first-order chi connectivity index (χ1) is 24.2. The number of ether oxygens (including phenoxy) is 6. The smallest absolute Gasteiger partial charge is 0.187 e. The van der Waals surface area contributed by atoms with Crippen LogP contribution in [0.25, 0.3) is 0 Å². The largest absolute Gasteiger partial charge is 0.394 e. The van der Waals surface area contributed by atoms with Crippen LogP contribution in [0.3, 0.4) is 0 Å². The van der Waals surface area contributed by atoms with Crippen molar-refractivity contribution in [1.29, 1.82) is 0 Å². The average Bonchev–Trinajstić information content (AvgIpc) is 3.41. The minimum Gasteiger partial charge on any atom is -0.394 e. The monoisotopic (exact) mass is 658 g/mol. The number of benzene rings is 5. The van der Waals surface area contributed by atoms with Crippen molar-refractivity contribution in [3.63, 3.8) is 0 Å². The Morgan fingerprint density at radius 1 is 0.653 bits per heavy atom. The summed E-state index contributed by atoms with van der Waals surface area (Å²) in [5.41, 5.74) is 2.88. The topological polar surface area (TPSA) is 75.6 Å². The summed E-state index contributed by atoms with van der Waals surface area (Å²) in [6, 6.07) is 50.7. The van der Waals surface area contributed by atoms with E-state index in [1.807, 2.05) is 115 Å². The summed E-state index contributed by atoms with van der Waals surface area (Å²) in [5, 5.41) is 10.6. The predicted molar refractivity (Wildman–Crippen MR) is 186 cm³/mol. The van der Waals surface area contributed by atoms with E-state index in [-0.39, 0.29) is 13.2 Å². The third kappa shape index (κ3) is 6.47. The lowest BCUT2D eigenvalue weighted by molar-refractivity contribution is -0.331. The maximum absolute atomic E-state index is 10.6. The lowest BCUT2D eigenvalue weighted by atomic mass is 9.78. The first kappa shape index (κ1) is 33.3. The molecule has 5 aromatic rings. The van der Waals surface area contributed by atoms with Crippen LogP contribution in [0.4, 0.5) is 0 Å². The van der Waals surface area contributed by atoms with Crippen molar-refractivity contribution in [2.75, 3.05) is 20.3 Å². The Hall–Kier alpha value is -4.18. The van der Waals surface area contributed by atoms with Crippen LogP contribution >= 0.6 is 0 Å². The molecule has 252 valence electrons. The summed E-state index contributed by atoms with van der Waals surface area (Å²) in [4.78, 5) is 0. The molecular formula is C42H42O7. The molecular weight excluding hydrogens is 616 g/mol. The van der Waals surface area contributed by atoms with Crippen molar-refractivity contribution in [3.05, 3.63) is 179 Å². The molecule has 7 nitrogen and oxygen atoms in total. The van der Waals surface area contributed by atoms with Crippen LogP contribution in [0.5, 0.6) is 0 Å². The Balaban J connectivity index is 1.30. The van der Waals surface area contributed by atoms with Crippen molar-refractivity contribution in [3.8, 4) is 0 Å². The summed E-state index contributed by atoms with van der Waals surface area (Å²) < 4.78 is 39.6. The molecule has 5 aromatic carbocycles. The van der Waals surface area contributed by atoms with Crippen LogP contribution in [0, 0.1) is 0 Å². The van der Waals surface area contributed by atoms with E-state index in [1.54, 1.807) is 7.11 Å². The van der Waals surface area contributed by atoms with Gasteiger partial charge in [0.1, 0.15) is 30.0 Å². The van der Waals surface area contributed by atoms with Gasteiger partial charge in [-0.15, -0.1) is 0 Å². The molecule has 6 atom stereocenters. The second-order valence-electron chi connectivity index (χ2n) is 12.4. The second kappa shape index (κ2) is 15.2. The highest BCUT2D eigenvalue weighted by Gasteiger charge is 2.72. The summed E-state index contributed by atoms with van der Waals surface area (Å²) in [6.45, 7) is 0.469. The predicted octanol–water partition coefficient (Wildman–Crippen LogP) is 6.67. The van der Waals surface area contributed by atoms with Crippen molar-refractivity contribution in [2.45, 2.75) is 55.1 Å². The van der Waals surface area contributed by atoms with Gasteiger partial charge in [-0.2, -0.15) is 0 Å². The van der Waals surface area contributed by atoms with E-state index < -0.39 is 41.9 Å². The molecule has 2 aliphatic rings. The molecule has 7 rings (SSSR count). The van der Waals surface area contributed by atoms with Gasteiger partial charge in [-0.3, -0.25) is 0 Å². The van der Waals surface area contributed by atoms with Crippen molar-refractivity contribution >= 4 is 0 Å². The minimum atomic E-state index is -1.06. The molecule has 0 aromatic heterocycles. The number of fused-ring (bicyclic) bond motifs is 1. The van der Waals surface area contributed by atoms with Gasteiger partial charge in [0.05, 0.1) is 26.4 Å². The number of hydrogen-bond acceptors (Lipinski definition) is 7. The maximum Gasteiger partial charge on any atom is 0.187 e. The number of aliphatic hydroxyl groups excluding tert-OH is 1. The Morgan fingerprint density at radius 2 is 1.12 bits per heavy atom. The number of rotatable bonds is 15. The molecule has 0 amide bonds. The highest BCUT2D eigenvalue weighted by molar-refractivity contribution is 5.47. The zero-order chi connectivity index (χ0) is 33.5. The van der Waals surface area contributed by atoms with E-state index in [1.165, 1.54) is 0 Å². The van der Waals surface area contributed by atoms with E-state index in [2.05, 4.69) is 36.4 Å². The van der Waals surface area contributed by atoms with Crippen LogP contribution in [0.1, 0.15) is 27.8 Å². The third-order valence-corrected chi connectivity index (χ3v) is 9.61. The number of hydrogen-bond donors (Lipinski definition) is 1. The van der Waals surface area contributed by atoms with Gasteiger partial charge >= 0.3 is 0 Å². The molecule has 0 aliphatic carbocycles. The number of methoxy groups -OCH3 is 1. The molecule has 0 saturated carbocycles. The van der Waals surface area contributed by atoms with Crippen LogP contribution in [-0.4, -0.2) is 61.7 Å². The summed E-state index contributed by atoms with van der Waals surface area (Å²) >= 11 is 0.